The fraction of sp³-hybridized carbons (Fsp3) is 0.200. The largest absolute Gasteiger partial charge is 0.496 e. The van der Waals surface area contributed by atoms with Crippen molar-refractivity contribution >= 4 is 11.8 Å². The van der Waals surface area contributed by atoms with Crippen molar-refractivity contribution in [1.29, 1.82) is 0 Å². The monoisotopic (exact) mass is 221 g/mol. The molecule has 0 saturated carbocycles. The number of methoxy groups -OCH3 is 1. The molecule has 0 atom stereocenters. The van der Waals surface area contributed by atoms with Crippen LogP contribution in [0.4, 0.5) is 0 Å². The lowest BCUT2D eigenvalue weighted by Crippen LogP contribution is -1.87. The Kier molecular flexibility index (Phi) is 4.60. The molecular weight excluding hydrogens is 210 g/mol. The zero-order chi connectivity index (χ0) is 11.1. The summed E-state index contributed by atoms with van der Waals surface area (Å²) in [5.74, 6) is 1.38. The molecule has 0 amide bonds. The summed E-state index contributed by atoms with van der Waals surface area (Å²) in [6, 6.07) is 7.68. The topological polar surface area (TPSA) is 58.0 Å². The minimum absolute atomic E-state index is 0.508. The summed E-state index contributed by atoms with van der Waals surface area (Å²) < 4.78 is 5.18. The molecule has 0 bridgehead atoms. The maximum Gasteiger partial charge on any atom is 0.132 e. The number of benzene rings is 1. The van der Waals surface area contributed by atoms with E-state index in [1.807, 2.05) is 24.3 Å². The van der Waals surface area contributed by atoms with Gasteiger partial charge in [-0.2, -0.15) is 0 Å². The second kappa shape index (κ2) is 6.01. The van der Waals surface area contributed by atoms with Gasteiger partial charge in [0, 0.05) is 21.3 Å². The van der Waals surface area contributed by atoms with E-state index in [4.69, 9.17) is 10.3 Å². The van der Waals surface area contributed by atoms with Crippen molar-refractivity contribution in [3.8, 4) is 5.75 Å². The van der Waals surface area contributed by atoms with Crippen LogP contribution in [0.25, 0.3) is 10.4 Å². The summed E-state index contributed by atoms with van der Waals surface area (Å²) in [5, 5.41) is 3.42. The van der Waals surface area contributed by atoms with Crippen LogP contribution in [-0.4, -0.2) is 12.9 Å². The zero-order valence-corrected chi connectivity index (χ0v) is 9.20. The van der Waals surface area contributed by atoms with Crippen LogP contribution in [0.5, 0.6) is 5.75 Å². The molecule has 0 saturated heterocycles. The molecule has 15 heavy (non-hydrogen) atoms. The summed E-state index contributed by atoms with van der Waals surface area (Å²) in [5.41, 5.74) is 8.71. The molecule has 0 aliphatic carbocycles. The molecule has 0 radical (unpaired) electrons. The van der Waals surface area contributed by atoms with Gasteiger partial charge in [0.25, 0.3) is 0 Å². The van der Waals surface area contributed by atoms with E-state index in [0.717, 1.165) is 10.6 Å². The van der Waals surface area contributed by atoms with Gasteiger partial charge in [0.1, 0.15) is 5.75 Å². The summed E-state index contributed by atoms with van der Waals surface area (Å²) in [6.45, 7) is 3.63. The number of hydrogen-bond acceptors (Lipinski definition) is 3. The number of rotatable bonds is 5. The van der Waals surface area contributed by atoms with Gasteiger partial charge < -0.3 is 4.74 Å². The number of thioether (sulfide) groups is 1. The standard InChI is InChI=1S/C10H11N3OS/c1-8(12-13-11)7-15-10-6-4-3-5-9(10)14-2/h3-6H,1,7H2,2H3. The molecule has 0 unspecified atom stereocenters. The van der Waals surface area contributed by atoms with Gasteiger partial charge in [-0.3, -0.25) is 0 Å². The van der Waals surface area contributed by atoms with Gasteiger partial charge in [-0.05, 0) is 17.7 Å². The SMILES string of the molecule is C=C(CSc1ccccc1OC)N=[N+]=[N-]. The maximum atomic E-state index is 8.20. The Morgan fingerprint density at radius 1 is 1.60 bits per heavy atom. The first kappa shape index (κ1) is 11.5. The first-order chi connectivity index (χ1) is 7.27. The van der Waals surface area contributed by atoms with E-state index < -0.39 is 0 Å². The average Bonchev–Trinajstić information content (AvgIpc) is 2.27. The van der Waals surface area contributed by atoms with Crippen molar-refractivity contribution in [2.45, 2.75) is 4.90 Å². The Morgan fingerprint density at radius 2 is 2.33 bits per heavy atom. The van der Waals surface area contributed by atoms with Gasteiger partial charge in [0.2, 0.25) is 0 Å². The van der Waals surface area contributed by atoms with Crippen molar-refractivity contribution in [3.05, 3.63) is 47.0 Å². The number of nitrogens with zero attached hydrogens (tertiary/aromatic N) is 3. The maximum absolute atomic E-state index is 8.20. The van der Waals surface area contributed by atoms with Crippen LogP contribution < -0.4 is 4.74 Å². The number of azide groups is 1. The highest BCUT2D eigenvalue weighted by Gasteiger charge is 2.02. The van der Waals surface area contributed by atoms with Gasteiger partial charge >= 0.3 is 0 Å². The van der Waals surface area contributed by atoms with E-state index in [1.54, 1.807) is 7.11 Å². The molecule has 1 aromatic rings. The molecular formula is C10H11N3OS. The van der Waals surface area contributed by atoms with Crippen LogP contribution in [0.2, 0.25) is 0 Å². The van der Waals surface area contributed by atoms with E-state index in [9.17, 15) is 0 Å². The van der Waals surface area contributed by atoms with Crippen molar-refractivity contribution in [2.75, 3.05) is 12.9 Å². The summed E-state index contributed by atoms with van der Waals surface area (Å²) in [4.78, 5) is 3.68. The van der Waals surface area contributed by atoms with Gasteiger partial charge in [-0.25, -0.2) is 0 Å². The third-order valence-electron chi connectivity index (χ3n) is 1.65. The van der Waals surface area contributed by atoms with Gasteiger partial charge in [0.05, 0.1) is 7.11 Å². The third kappa shape index (κ3) is 3.58. The molecule has 0 aromatic heterocycles. The van der Waals surface area contributed by atoms with Crippen molar-refractivity contribution in [2.24, 2.45) is 5.11 Å². The molecule has 1 aromatic carbocycles. The molecule has 0 aliphatic rings. The number of hydrogen-bond donors (Lipinski definition) is 0. The zero-order valence-electron chi connectivity index (χ0n) is 8.38. The van der Waals surface area contributed by atoms with E-state index in [1.165, 1.54) is 11.8 Å². The van der Waals surface area contributed by atoms with Crippen LogP contribution in [-0.2, 0) is 0 Å². The second-order valence-electron chi connectivity index (χ2n) is 2.70. The minimum Gasteiger partial charge on any atom is -0.496 e. The van der Waals surface area contributed by atoms with Gasteiger partial charge in [-0.1, -0.05) is 23.8 Å². The van der Waals surface area contributed by atoms with Crippen LogP contribution in [0, 0.1) is 0 Å². The van der Waals surface area contributed by atoms with E-state index in [-0.39, 0.29) is 0 Å². The molecule has 0 spiro atoms. The van der Waals surface area contributed by atoms with Crippen molar-refractivity contribution in [1.82, 2.24) is 0 Å². The van der Waals surface area contributed by atoms with Gasteiger partial charge in [-0.15, -0.1) is 11.8 Å². The lowest BCUT2D eigenvalue weighted by Gasteiger charge is -2.06. The predicted octanol–water partition coefficient (Wildman–Crippen LogP) is 3.61. The molecule has 5 heteroatoms. The highest BCUT2D eigenvalue weighted by atomic mass is 32.2. The molecule has 1 rings (SSSR count). The summed E-state index contributed by atoms with van der Waals surface area (Å²) >= 11 is 1.53. The fourth-order valence-electron chi connectivity index (χ4n) is 0.991. The summed E-state index contributed by atoms with van der Waals surface area (Å²) in [6.07, 6.45) is 0. The molecule has 0 N–H and O–H groups in total. The predicted molar refractivity (Wildman–Crippen MR) is 62.0 cm³/mol. The third-order valence-corrected chi connectivity index (χ3v) is 2.78. The van der Waals surface area contributed by atoms with Crippen molar-refractivity contribution < 1.29 is 4.74 Å². The summed E-state index contributed by atoms with van der Waals surface area (Å²) in [7, 11) is 1.63. The first-order valence-electron chi connectivity index (χ1n) is 4.26. The molecule has 0 heterocycles. The normalized spacial score (nSPS) is 9.13. The smallest absolute Gasteiger partial charge is 0.132 e. The quantitative estimate of drug-likeness (QED) is 0.330. The number of para-hydroxylation sites is 1. The molecule has 4 nitrogen and oxygen atoms in total. The van der Waals surface area contributed by atoms with Crippen LogP contribution in [0.15, 0.2) is 46.6 Å². The van der Waals surface area contributed by atoms with Gasteiger partial charge in [0.15, 0.2) is 0 Å². The lowest BCUT2D eigenvalue weighted by molar-refractivity contribution is 0.405. The molecule has 0 fully saturated rings. The molecule has 78 valence electrons. The highest BCUT2D eigenvalue weighted by molar-refractivity contribution is 7.99. The fourth-order valence-corrected chi connectivity index (χ4v) is 1.84. The Hall–Kier alpha value is -1.58. The average molecular weight is 221 g/mol. The molecule has 0 aliphatic heterocycles. The van der Waals surface area contributed by atoms with Crippen LogP contribution >= 0.6 is 11.8 Å². The Balaban J connectivity index is 2.64. The first-order valence-corrected chi connectivity index (χ1v) is 5.25. The Bertz CT molecular complexity index is 399. The van der Waals surface area contributed by atoms with Crippen LogP contribution in [0.1, 0.15) is 0 Å². The van der Waals surface area contributed by atoms with Crippen molar-refractivity contribution in [3.63, 3.8) is 0 Å². The minimum atomic E-state index is 0.508. The highest BCUT2D eigenvalue weighted by Crippen LogP contribution is 2.29. The van der Waals surface area contributed by atoms with E-state index >= 15 is 0 Å². The van der Waals surface area contributed by atoms with Crippen LogP contribution in [0.3, 0.4) is 0 Å². The van der Waals surface area contributed by atoms with E-state index in [2.05, 4.69) is 16.6 Å². The lowest BCUT2D eigenvalue weighted by atomic mass is 10.3. The van der Waals surface area contributed by atoms with E-state index in [0.29, 0.717) is 11.4 Å². The Morgan fingerprint density at radius 3 is 3.00 bits per heavy atom. The Labute approximate surface area is 92.6 Å². The second-order valence-corrected chi connectivity index (χ2v) is 3.71. The number of ether oxygens (including phenoxy) is 1.